The maximum atomic E-state index is 4.44. The molecule has 1 aromatic carbocycles. The number of benzene rings is 1. The van der Waals surface area contributed by atoms with Crippen LogP contribution in [0.15, 0.2) is 24.3 Å². The maximum absolute atomic E-state index is 4.44. The average Bonchev–Trinajstić information content (AvgIpc) is 2.86. The number of H-pyrrole nitrogens is 1. The summed E-state index contributed by atoms with van der Waals surface area (Å²) in [5.41, 5.74) is 2.05. The van der Waals surface area contributed by atoms with E-state index >= 15 is 0 Å². The van der Waals surface area contributed by atoms with Gasteiger partial charge in [-0.05, 0) is 12.1 Å². The van der Waals surface area contributed by atoms with Crippen LogP contribution in [0.1, 0.15) is 0 Å². The van der Waals surface area contributed by atoms with Crippen molar-refractivity contribution >= 4 is 17.0 Å². The van der Waals surface area contributed by atoms with Crippen LogP contribution in [-0.4, -0.2) is 29.3 Å². The minimum Gasteiger partial charge on any atom is -0.339 e. The Hall–Kier alpha value is -1.59. The monoisotopic (exact) mass is 203 g/mol. The van der Waals surface area contributed by atoms with E-state index in [0.29, 0.717) is 0 Å². The van der Waals surface area contributed by atoms with Crippen LogP contribution in [0.4, 0.5) is 5.95 Å². The van der Waals surface area contributed by atoms with Crippen molar-refractivity contribution in [2.24, 2.45) is 0 Å². The summed E-state index contributed by atoms with van der Waals surface area (Å²) in [7, 11) is 0. The molecule has 1 aromatic heterocycles. The molecule has 0 radical (unpaired) electrons. The fraction of sp³-hybridized carbons (Fsp3) is 0.300. The van der Waals surface area contributed by atoms with Crippen molar-refractivity contribution in [2.75, 3.05) is 18.5 Å². The summed E-state index contributed by atoms with van der Waals surface area (Å²) in [5.74, 6) is 0.817. The van der Waals surface area contributed by atoms with E-state index in [9.17, 15) is 0 Å². The second kappa shape index (κ2) is 3.52. The summed E-state index contributed by atoms with van der Waals surface area (Å²) < 4.78 is 0. The van der Waals surface area contributed by atoms with Gasteiger partial charge in [-0.1, -0.05) is 12.1 Å². The molecule has 0 saturated carbocycles. The summed E-state index contributed by atoms with van der Waals surface area (Å²) in [6.45, 7) is 1.76. The van der Waals surface area contributed by atoms with E-state index in [1.807, 2.05) is 24.3 Å². The zero-order valence-corrected chi connectivity index (χ0v) is 8.25. The number of fused-ring (bicyclic) bond motifs is 1. The molecule has 0 bridgehead atoms. The third-order valence-electron chi connectivity index (χ3n) is 2.52. The second-order valence-corrected chi connectivity index (χ2v) is 3.63. The standard InChI is InChI=1S/C10H13N5/c1-2-4-8-7(3-1)13-10(14-8)15-9-5-11-6-12-9/h1-4,9,11-12H,5-6H2,(H2,13,14,15). The van der Waals surface area contributed by atoms with Gasteiger partial charge in [0.1, 0.15) is 0 Å². The van der Waals surface area contributed by atoms with E-state index in [1.54, 1.807) is 0 Å². The normalized spacial score (nSPS) is 20.9. The molecule has 0 amide bonds. The van der Waals surface area contributed by atoms with Crippen LogP contribution in [0.5, 0.6) is 0 Å². The summed E-state index contributed by atoms with van der Waals surface area (Å²) in [4.78, 5) is 7.67. The number of hydrogen-bond donors (Lipinski definition) is 4. The molecule has 1 aliphatic rings. The van der Waals surface area contributed by atoms with Gasteiger partial charge < -0.3 is 15.6 Å². The highest BCUT2D eigenvalue weighted by molar-refractivity contribution is 5.77. The SMILES string of the molecule is c1ccc2[nH]c(NC3CNCN3)nc2c1. The summed E-state index contributed by atoms with van der Waals surface area (Å²) in [6, 6.07) is 8.01. The summed E-state index contributed by atoms with van der Waals surface area (Å²) in [5, 5.41) is 9.77. The third kappa shape index (κ3) is 1.67. The van der Waals surface area contributed by atoms with E-state index in [0.717, 1.165) is 30.2 Å². The van der Waals surface area contributed by atoms with E-state index in [4.69, 9.17) is 0 Å². The van der Waals surface area contributed by atoms with Gasteiger partial charge in [-0.3, -0.25) is 5.32 Å². The molecule has 1 atom stereocenters. The fourth-order valence-corrected chi connectivity index (χ4v) is 1.77. The lowest BCUT2D eigenvalue weighted by Crippen LogP contribution is -2.32. The quantitative estimate of drug-likeness (QED) is 0.572. The molecule has 1 saturated heterocycles. The van der Waals surface area contributed by atoms with Gasteiger partial charge in [-0.15, -0.1) is 0 Å². The van der Waals surface area contributed by atoms with Crippen LogP contribution in [0.3, 0.4) is 0 Å². The summed E-state index contributed by atoms with van der Waals surface area (Å²) >= 11 is 0. The van der Waals surface area contributed by atoms with Gasteiger partial charge in [0.05, 0.1) is 17.2 Å². The number of rotatable bonds is 2. The van der Waals surface area contributed by atoms with E-state index in [-0.39, 0.29) is 6.17 Å². The molecule has 15 heavy (non-hydrogen) atoms. The highest BCUT2D eigenvalue weighted by Crippen LogP contribution is 2.13. The lowest BCUT2D eigenvalue weighted by molar-refractivity contribution is 0.700. The Kier molecular flexibility index (Phi) is 2.04. The van der Waals surface area contributed by atoms with Crippen LogP contribution in [0, 0.1) is 0 Å². The van der Waals surface area contributed by atoms with Gasteiger partial charge in [0.25, 0.3) is 0 Å². The third-order valence-corrected chi connectivity index (χ3v) is 2.52. The van der Waals surface area contributed by atoms with E-state index < -0.39 is 0 Å². The smallest absolute Gasteiger partial charge is 0.202 e. The molecule has 0 spiro atoms. The Bertz CT molecular complexity index is 425. The Labute approximate surface area is 87.3 Å². The van der Waals surface area contributed by atoms with E-state index in [1.165, 1.54) is 0 Å². The molecule has 2 heterocycles. The van der Waals surface area contributed by atoms with Gasteiger partial charge in [0, 0.05) is 13.2 Å². The molecular formula is C10H13N5. The van der Waals surface area contributed by atoms with Crippen molar-refractivity contribution in [1.82, 2.24) is 20.6 Å². The predicted molar refractivity (Wildman–Crippen MR) is 59.5 cm³/mol. The van der Waals surface area contributed by atoms with Gasteiger partial charge in [-0.2, -0.15) is 0 Å². The zero-order valence-electron chi connectivity index (χ0n) is 8.25. The minimum absolute atomic E-state index is 0.255. The number of anilines is 1. The topological polar surface area (TPSA) is 64.8 Å². The molecule has 5 nitrogen and oxygen atoms in total. The van der Waals surface area contributed by atoms with Crippen molar-refractivity contribution in [3.05, 3.63) is 24.3 Å². The van der Waals surface area contributed by atoms with Crippen molar-refractivity contribution in [2.45, 2.75) is 6.17 Å². The number of para-hydroxylation sites is 2. The van der Waals surface area contributed by atoms with Crippen LogP contribution in [-0.2, 0) is 0 Å². The van der Waals surface area contributed by atoms with Gasteiger partial charge in [0.15, 0.2) is 0 Å². The lowest BCUT2D eigenvalue weighted by atomic mass is 10.3. The molecular weight excluding hydrogens is 190 g/mol. The zero-order chi connectivity index (χ0) is 10.1. The summed E-state index contributed by atoms with van der Waals surface area (Å²) in [6.07, 6.45) is 0.255. The highest BCUT2D eigenvalue weighted by Gasteiger charge is 2.13. The van der Waals surface area contributed by atoms with Crippen molar-refractivity contribution < 1.29 is 0 Å². The van der Waals surface area contributed by atoms with Crippen molar-refractivity contribution in [1.29, 1.82) is 0 Å². The van der Waals surface area contributed by atoms with Crippen LogP contribution < -0.4 is 16.0 Å². The number of nitrogens with one attached hydrogen (secondary N) is 4. The van der Waals surface area contributed by atoms with Crippen LogP contribution >= 0.6 is 0 Å². The van der Waals surface area contributed by atoms with Crippen molar-refractivity contribution in [3.8, 4) is 0 Å². The largest absolute Gasteiger partial charge is 0.339 e. The molecule has 0 aliphatic carbocycles. The highest BCUT2D eigenvalue weighted by atomic mass is 15.3. The Morgan fingerprint density at radius 3 is 3.07 bits per heavy atom. The fourth-order valence-electron chi connectivity index (χ4n) is 1.77. The van der Waals surface area contributed by atoms with Gasteiger partial charge in [-0.25, -0.2) is 4.98 Å². The Balaban J connectivity index is 1.84. The molecule has 1 fully saturated rings. The Morgan fingerprint density at radius 1 is 1.33 bits per heavy atom. The number of aromatic amines is 1. The first-order chi connectivity index (χ1) is 7.42. The van der Waals surface area contributed by atoms with Gasteiger partial charge >= 0.3 is 0 Å². The van der Waals surface area contributed by atoms with E-state index in [2.05, 4.69) is 25.9 Å². The lowest BCUT2D eigenvalue weighted by Gasteiger charge is -2.09. The number of aromatic nitrogens is 2. The molecule has 3 rings (SSSR count). The number of hydrogen-bond acceptors (Lipinski definition) is 4. The Morgan fingerprint density at radius 2 is 2.27 bits per heavy atom. The first-order valence-corrected chi connectivity index (χ1v) is 5.07. The molecule has 1 unspecified atom stereocenters. The van der Waals surface area contributed by atoms with Gasteiger partial charge in [0.2, 0.25) is 5.95 Å². The second-order valence-electron chi connectivity index (χ2n) is 3.63. The molecule has 5 heteroatoms. The first kappa shape index (κ1) is 8.70. The first-order valence-electron chi connectivity index (χ1n) is 5.07. The maximum Gasteiger partial charge on any atom is 0.202 e. The number of nitrogens with zero attached hydrogens (tertiary/aromatic N) is 1. The molecule has 2 aromatic rings. The average molecular weight is 203 g/mol. The molecule has 4 N–H and O–H groups in total. The van der Waals surface area contributed by atoms with Crippen LogP contribution in [0.2, 0.25) is 0 Å². The number of imidazole rings is 1. The van der Waals surface area contributed by atoms with Crippen LogP contribution in [0.25, 0.3) is 11.0 Å². The molecule has 1 aliphatic heterocycles. The molecule has 78 valence electrons. The minimum atomic E-state index is 0.255. The predicted octanol–water partition coefficient (Wildman–Crippen LogP) is 0.451. The van der Waals surface area contributed by atoms with Crippen molar-refractivity contribution in [3.63, 3.8) is 0 Å².